The first-order valence-corrected chi connectivity index (χ1v) is 9.19. The van der Waals surface area contributed by atoms with Crippen LogP contribution in [-0.4, -0.2) is 64.8 Å². The largest absolute Gasteiger partial charge is 0.396 e. The van der Waals surface area contributed by atoms with Crippen molar-refractivity contribution in [2.45, 2.75) is 39.0 Å². The standard InChI is InChI=1S/C19H25N3O5/c1-11(17(25)20-12(2)24)22-18(26)15-4-3-14(9-16(15)19(22)27)21-7-5-13(10-23)6-8-21/h3-4,9,11-13,23-24H,5-8,10H2,1-2H3,(H,20,25). The van der Waals surface area contributed by atoms with E-state index in [0.717, 1.165) is 36.5 Å². The second-order valence-electron chi connectivity index (χ2n) is 7.18. The molecule has 3 N–H and O–H groups in total. The van der Waals surface area contributed by atoms with Gasteiger partial charge in [0, 0.05) is 25.4 Å². The summed E-state index contributed by atoms with van der Waals surface area (Å²) in [4.78, 5) is 40.6. The fraction of sp³-hybridized carbons (Fsp3) is 0.526. The van der Waals surface area contributed by atoms with E-state index < -0.39 is 30.0 Å². The maximum absolute atomic E-state index is 12.8. The number of nitrogens with zero attached hydrogens (tertiary/aromatic N) is 2. The molecule has 0 radical (unpaired) electrons. The second-order valence-corrected chi connectivity index (χ2v) is 7.18. The van der Waals surface area contributed by atoms with E-state index in [0.29, 0.717) is 11.5 Å². The Bertz CT molecular complexity index is 756. The first kappa shape index (κ1) is 19.3. The molecule has 2 heterocycles. The molecule has 0 saturated carbocycles. The van der Waals surface area contributed by atoms with Gasteiger partial charge in [-0.05, 0) is 50.8 Å². The van der Waals surface area contributed by atoms with Crippen molar-refractivity contribution in [1.29, 1.82) is 0 Å². The highest BCUT2D eigenvalue weighted by Gasteiger charge is 2.41. The van der Waals surface area contributed by atoms with Crippen LogP contribution < -0.4 is 10.2 Å². The molecule has 1 saturated heterocycles. The van der Waals surface area contributed by atoms with E-state index in [1.54, 1.807) is 12.1 Å². The van der Waals surface area contributed by atoms with Crippen molar-refractivity contribution < 1.29 is 24.6 Å². The highest BCUT2D eigenvalue weighted by Crippen LogP contribution is 2.30. The number of hydrogen-bond acceptors (Lipinski definition) is 6. The van der Waals surface area contributed by atoms with E-state index in [2.05, 4.69) is 10.2 Å². The van der Waals surface area contributed by atoms with Crippen molar-refractivity contribution in [2.75, 3.05) is 24.6 Å². The fourth-order valence-corrected chi connectivity index (χ4v) is 3.61. The number of benzene rings is 1. The van der Waals surface area contributed by atoms with Crippen LogP contribution in [0.3, 0.4) is 0 Å². The topological polar surface area (TPSA) is 110 Å². The third kappa shape index (κ3) is 3.68. The van der Waals surface area contributed by atoms with Crippen LogP contribution in [0, 0.1) is 5.92 Å². The molecule has 3 amide bonds. The third-order valence-electron chi connectivity index (χ3n) is 5.26. The van der Waals surface area contributed by atoms with Gasteiger partial charge in [-0.2, -0.15) is 0 Å². The average molecular weight is 375 g/mol. The Hall–Kier alpha value is -2.45. The molecule has 0 aliphatic carbocycles. The molecule has 2 unspecified atom stereocenters. The van der Waals surface area contributed by atoms with E-state index >= 15 is 0 Å². The summed E-state index contributed by atoms with van der Waals surface area (Å²) < 4.78 is 0. The molecule has 1 aromatic carbocycles. The number of aliphatic hydroxyl groups excluding tert-OH is 2. The molecular weight excluding hydrogens is 350 g/mol. The normalized spacial score (nSPS) is 19.9. The monoisotopic (exact) mass is 375 g/mol. The number of carbonyl (C=O) groups is 3. The van der Waals surface area contributed by atoms with Gasteiger partial charge in [0.1, 0.15) is 12.3 Å². The molecular formula is C19H25N3O5. The Labute approximate surface area is 157 Å². The van der Waals surface area contributed by atoms with Gasteiger partial charge >= 0.3 is 0 Å². The van der Waals surface area contributed by atoms with Crippen LogP contribution in [0.5, 0.6) is 0 Å². The minimum atomic E-state index is -1.07. The van der Waals surface area contributed by atoms with E-state index in [1.165, 1.54) is 13.8 Å². The average Bonchev–Trinajstić information content (AvgIpc) is 2.91. The molecule has 1 aromatic rings. The van der Waals surface area contributed by atoms with Crippen LogP contribution in [0.4, 0.5) is 5.69 Å². The van der Waals surface area contributed by atoms with Crippen LogP contribution in [0.25, 0.3) is 0 Å². The zero-order valence-corrected chi connectivity index (χ0v) is 15.5. The molecule has 0 bridgehead atoms. The summed E-state index contributed by atoms with van der Waals surface area (Å²) >= 11 is 0. The van der Waals surface area contributed by atoms with Crippen molar-refractivity contribution in [3.8, 4) is 0 Å². The van der Waals surface area contributed by atoms with Gasteiger partial charge < -0.3 is 20.4 Å². The van der Waals surface area contributed by atoms with E-state index in [9.17, 15) is 24.6 Å². The van der Waals surface area contributed by atoms with Gasteiger partial charge in [-0.1, -0.05) is 0 Å². The smallest absolute Gasteiger partial charge is 0.262 e. The Balaban J connectivity index is 1.79. The quantitative estimate of drug-likeness (QED) is 0.506. The summed E-state index contributed by atoms with van der Waals surface area (Å²) in [6.45, 7) is 4.59. The Morgan fingerprint density at radius 2 is 1.81 bits per heavy atom. The van der Waals surface area contributed by atoms with Crippen LogP contribution in [-0.2, 0) is 4.79 Å². The highest BCUT2D eigenvalue weighted by molar-refractivity contribution is 6.23. The molecule has 2 atom stereocenters. The predicted molar refractivity (Wildman–Crippen MR) is 98.3 cm³/mol. The van der Waals surface area contributed by atoms with E-state index in [1.807, 2.05) is 6.07 Å². The molecule has 27 heavy (non-hydrogen) atoms. The van der Waals surface area contributed by atoms with Crippen LogP contribution >= 0.6 is 0 Å². The predicted octanol–water partition coefficient (Wildman–Crippen LogP) is 0.334. The van der Waals surface area contributed by atoms with Crippen LogP contribution in [0.15, 0.2) is 18.2 Å². The van der Waals surface area contributed by atoms with E-state index in [-0.39, 0.29) is 12.2 Å². The lowest BCUT2D eigenvalue weighted by molar-refractivity contribution is -0.127. The lowest BCUT2D eigenvalue weighted by Crippen LogP contribution is -2.49. The second kappa shape index (κ2) is 7.66. The van der Waals surface area contributed by atoms with Crippen LogP contribution in [0.2, 0.25) is 0 Å². The van der Waals surface area contributed by atoms with Gasteiger partial charge in [0.15, 0.2) is 0 Å². The number of hydrogen-bond donors (Lipinski definition) is 3. The summed E-state index contributed by atoms with van der Waals surface area (Å²) in [7, 11) is 0. The summed E-state index contributed by atoms with van der Waals surface area (Å²) in [5.41, 5.74) is 1.43. The van der Waals surface area contributed by atoms with Gasteiger partial charge in [-0.3, -0.25) is 19.3 Å². The molecule has 0 aromatic heterocycles. The zero-order chi connectivity index (χ0) is 19.7. The molecule has 2 aliphatic rings. The lowest BCUT2D eigenvalue weighted by Gasteiger charge is -2.33. The summed E-state index contributed by atoms with van der Waals surface area (Å²) in [5, 5.41) is 20.9. The summed E-state index contributed by atoms with van der Waals surface area (Å²) in [6, 6.07) is 4.12. The van der Waals surface area contributed by atoms with Gasteiger partial charge in [0.05, 0.1) is 11.1 Å². The maximum atomic E-state index is 12.8. The van der Waals surface area contributed by atoms with Gasteiger partial charge in [0.2, 0.25) is 5.91 Å². The Morgan fingerprint density at radius 1 is 1.19 bits per heavy atom. The number of piperidine rings is 1. The zero-order valence-electron chi connectivity index (χ0n) is 15.5. The minimum absolute atomic E-state index is 0.187. The molecule has 2 aliphatic heterocycles. The first-order chi connectivity index (χ1) is 12.8. The SMILES string of the molecule is CC(O)NC(=O)C(C)N1C(=O)c2ccc(N3CCC(CO)CC3)cc2C1=O. The van der Waals surface area contributed by atoms with Crippen LogP contribution in [0.1, 0.15) is 47.4 Å². The fourth-order valence-electron chi connectivity index (χ4n) is 3.61. The Kier molecular flexibility index (Phi) is 5.48. The number of nitrogens with one attached hydrogen (secondary N) is 1. The molecule has 146 valence electrons. The van der Waals surface area contributed by atoms with Crippen molar-refractivity contribution >= 4 is 23.4 Å². The van der Waals surface area contributed by atoms with Crippen molar-refractivity contribution in [3.05, 3.63) is 29.3 Å². The van der Waals surface area contributed by atoms with Gasteiger partial charge in [0.25, 0.3) is 11.8 Å². The number of imide groups is 1. The maximum Gasteiger partial charge on any atom is 0.262 e. The molecule has 0 spiro atoms. The van der Waals surface area contributed by atoms with Gasteiger partial charge in [-0.15, -0.1) is 0 Å². The number of rotatable bonds is 5. The number of carbonyl (C=O) groups excluding carboxylic acids is 3. The Morgan fingerprint density at radius 3 is 2.41 bits per heavy atom. The minimum Gasteiger partial charge on any atom is -0.396 e. The molecule has 8 heteroatoms. The molecule has 1 fully saturated rings. The van der Waals surface area contributed by atoms with Crippen molar-refractivity contribution in [3.63, 3.8) is 0 Å². The first-order valence-electron chi connectivity index (χ1n) is 9.19. The van der Waals surface area contributed by atoms with E-state index in [4.69, 9.17) is 0 Å². The summed E-state index contributed by atoms with van der Waals surface area (Å²) in [5.74, 6) is -1.29. The lowest BCUT2D eigenvalue weighted by atomic mass is 9.97. The third-order valence-corrected chi connectivity index (χ3v) is 5.26. The number of aliphatic hydroxyl groups is 2. The number of anilines is 1. The molecule has 3 rings (SSSR count). The summed E-state index contributed by atoms with van der Waals surface area (Å²) in [6.07, 6.45) is 0.690. The number of amides is 3. The highest BCUT2D eigenvalue weighted by atomic mass is 16.3. The van der Waals surface area contributed by atoms with Crippen molar-refractivity contribution in [2.24, 2.45) is 5.92 Å². The number of fused-ring (bicyclic) bond motifs is 1. The van der Waals surface area contributed by atoms with Gasteiger partial charge in [-0.25, -0.2) is 0 Å². The molecule has 8 nitrogen and oxygen atoms in total. The van der Waals surface area contributed by atoms with Crippen molar-refractivity contribution in [1.82, 2.24) is 10.2 Å².